The maximum absolute atomic E-state index is 12.5. The first kappa shape index (κ1) is 14.4. The highest BCUT2D eigenvalue weighted by Gasteiger charge is 2.28. The largest absolute Gasteiger partial charge is 0.377 e. The SMILES string of the molecule is CC1CN(S(=O)(=O)c2cnn(CCN)c2)CCCO1. The van der Waals surface area contributed by atoms with Gasteiger partial charge < -0.3 is 10.5 Å². The molecule has 1 aliphatic rings. The summed E-state index contributed by atoms with van der Waals surface area (Å²) in [4.78, 5) is 0.218. The predicted molar refractivity (Wildman–Crippen MR) is 70.1 cm³/mol. The van der Waals surface area contributed by atoms with Gasteiger partial charge in [-0.3, -0.25) is 4.68 Å². The fourth-order valence-corrected chi connectivity index (χ4v) is 3.56. The summed E-state index contributed by atoms with van der Waals surface area (Å²) in [6, 6.07) is 0. The van der Waals surface area contributed by atoms with Gasteiger partial charge in [-0.25, -0.2) is 8.42 Å². The molecule has 1 unspecified atom stereocenters. The monoisotopic (exact) mass is 288 g/mol. The first-order valence-electron chi connectivity index (χ1n) is 6.38. The van der Waals surface area contributed by atoms with Crippen LogP contribution < -0.4 is 5.73 Å². The van der Waals surface area contributed by atoms with Crippen LogP contribution in [0.5, 0.6) is 0 Å². The minimum absolute atomic E-state index is 0.0867. The Morgan fingerprint density at radius 3 is 3.11 bits per heavy atom. The maximum atomic E-state index is 12.5. The third kappa shape index (κ3) is 3.33. The number of ether oxygens (including phenoxy) is 1. The second-order valence-electron chi connectivity index (χ2n) is 4.63. The number of nitrogens with two attached hydrogens (primary N) is 1. The van der Waals surface area contributed by atoms with Gasteiger partial charge in [0.1, 0.15) is 4.90 Å². The van der Waals surface area contributed by atoms with Crippen molar-refractivity contribution >= 4 is 10.0 Å². The van der Waals surface area contributed by atoms with Crippen LogP contribution in [0.4, 0.5) is 0 Å². The van der Waals surface area contributed by atoms with Crippen molar-refractivity contribution in [3.8, 4) is 0 Å². The molecule has 108 valence electrons. The Kier molecular flexibility index (Phi) is 4.56. The van der Waals surface area contributed by atoms with Gasteiger partial charge in [0.25, 0.3) is 0 Å². The molecule has 0 radical (unpaired) electrons. The molecule has 7 nitrogen and oxygen atoms in total. The van der Waals surface area contributed by atoms with E-state index in [4.69, 9.17) is 10.5 Å². The van der Waals surface area contributed by atoms with Crippen LogP contribution in [0.3, 0.4) is 0 Å². The van der Waals surface area contributed by atoms with E-state index < -0.39 is 10.0 Å². The molecule has 2 N–H and O–H groups in total. The van der Waals surface area contributed by atoms with E-state index in [2.05, 4.69) is 5.10 Å². The molecule has 1 atom stereocenters. The molecule has 2 heterocycles. The zero-order valence-electron chi connectivity index (χ0n) is 11.0. The molecule has 2 rings (SSSR count). The lowest BCUT2D eigenvalue weighted by molar-refractivity contribution is 0.0752. The Morgan fingerprint density at radius 1 is 1.58 bits per heavy atom. The van der Waals surface area contributed by atoms with E-state index in [9.17, 15) is 8.42 Å². The Balaban J connectivity index is 2.19. The van der Waals surface area contributed by atoms with Gasteiger partial charge >= 0.3 is 0 Å². The number of sulfonamides is 1. The quantitative estimate of drug-likeness (QED) is 0.817. The highest BCUT2D eigenvalue weighted by molar-refractivity contribution is 7.89. The molecule has 0 aliphatic carbocycles. The summed E-state index contributed by atoms with van der Waals surface area (Å²) in [5.41, 5.74) is 5.42. The Hall–Kier alpha value is -0.960. The van der Waals surface area contributed by atoms with Crippen molar-refractivity contribution < 1.29 is 13.2 Å². The minimum atomic E-state index is -3.49. The van der Waals surface area contributed by atoms with Gasteiger partial charge in [0.15, 0.2) is 0 Å². The molecule has 1 fully saturated rings. The number of hydrogen-bond acceptors (Lipinski definition) is 5. The maximum Gasteiger partial charge on any atom is 0.246 e. The zero-order chi connectivity index (χ0) is 13.9. The Labute approximate surface area is 113 Å². The van der Waals surface area contributed by atoms with Crippen LogP contribution in [0.2, 0.25) is 0 Å². The first-order valence-corrected chi connectivity index (χ1v) is 7.82. The summed E-state index contributed by atoms with van der Waals surface area (Å²) in [6.45, 7) is 4.27. The van der Waals surface area contributed by atoms with Crippen molar-refractivity contribution in [2.75, 3.05) is 26.2 Å². The first-order chi connectivity index (χ1) is 9.04. The number of hydrogen-bond donors (Lipinski definition) is 1. The summed E-state index contributed by atoms with van der Waals surface area (Å²) in [5, 5.41) is 4.01. The van der Waals surface area contributed by atoms with Crippen molar-refractivity contribution in [3.63, 3.8) is 0 Å². The van der Waals surface area contributed by atoms with E-state index >= 15 is 0 Å². The lowest BCUT2D eigenvalue weighted by Gasteiger charge is -2.20. The second-order valence-corrected chi connectivity index (χ2v) is 6.56. The molecule has 0 bridgehead atoms. The third-order valence-corrected chi connectivity index (χ3v) is 4.84. The molecule has 1 aromatic rings. The topological polar surface area (TPSA) is 90.5 Å². The van der Waals surface area contributed by atoms with Crippen molar-refractivity contribution in [1.82, 2.24) is 14.1 Å². The van der Waals surface area contributed by atoms with Crippen LogP contribution in [0.1, 0.15) is 13.3 Å². The smallest absolute Gasteiger partial charge is 0.246 e. The van der Waals surface area contributed by atoms with Gasteiger partial charge in [0.2, 0.25) is 10.0 Å². The lowest BCUT2D eigenvalue weighted by atomic mass is 10.4. The Morgan fingerprint density at radius 2 is 2.37 bits per heavy atom. The third-order valence-electron chi connectivity index (χ3n) is 3.02. The molecule has 1 aliphatic heterocycles. The number of nitrogens with zero attached hydrogens (tertiary/aromatic N) is 3. The molecular weight excluding hydrogens is 268 g/mol. The van der Waals surface area contributed by atoms with Crippen LogP contribution in [0.25, 0.3) is 0 Å². The number of aromatic nitrogens is 2. The van der Waals surface area contributed by atoms with Gasteiger partial charge in [0.05, 0.1) is 18.8 Å². The van der Waals surface area contributed by atoms with Gasteiger partial charge in [0, 0.05) is 32.4 Å². The van der Waals surface area contributed by atoms with Crippen molar-refractivity contribution in [2.24, 2.45) is 5.73 Å². The summed E-state index contributed by atoms with van der Waals surface area (Å²) in [7, 11) is -3.49. The molecule has 19 heavy (non-hydrogen) atoms. The molecule has 0 saturated carbocycles. The van der Waals surface area contributed by atoms with E-state index in [1.54, 1.807) is 4.68 Å². The molecule has 0 spiro atoms. The molecular formula is C11H20N4O3S. The fraction of sp³-hybridized carbons (Fsp3) is 0.727. The van der Waals surface area contributed by atoms with Gasteiger partial charge in [-0.05, 0) is 13.3 Å². The van der Waals surface area contributed by atoms with E-state index in [1.165, 1.54) is 16.7 Å². The van der Waals surface area contributed by atoms with Crippen LogP contribution in [-0.2, 0) is 21.3 Å². The van der Waals surface area contributed by atoms with Crippen LogP contribution in [0, 0.1) is 0 Å². The molecule has 1 aromatic heterocycles. The van der Waals surface area contributed by atoms with Gasteiger partial charge in [-0.15, -0.1) is 0 Å². The van der Waals surface area contributed by atoms with Crippen LogP contribution in [0.15, 0.2) is 17.3 Å². The summed E-state index contributed by atoms with van der Waals surface area (Å²) in [5.74, 6) is 0. The highest BCUT2D eigenvalue weighted by atomic mass is 32.2. The van der Waals surface area contributed by atoms with Crippen molar-refractivity contribution in [1.29, 1.82) is 0 Å². The minimum Gasteiger partial charge on any atom is -0.377 e. The fourth-order valence-electron chi connectivity index (χ4n) is 2.06. The molecule has 0 aromatic carbocycles. The average Bonchev–Trinajstić information content (AvgIpc) is 2.72. The summed E-state index contributed by atoms with van der Waals surface area (Å²) >= 11 is 0. The van der Waals surface area contributed by atoms with Crippen molar-refractivity contribution in [3.05, 3.63) is 12.4 Å². The van der Waals surface area contributed by atoms with Crippen molar-refractivity contribution in [2.45, 2.75) is 30.9 Å². The van der Waals surface area contributed by atoms with E-state index in [0.717, 1.165) is 0 Å². The van der Waals surface area contributed by atoms with Crippen LogP contribution in [-0.4, -0.2) is 54.8 Å². The Bertz CT molecular complexity index is 514. The van der Waals surface area contributed by atoms with Crippen LogP contribution >= 0.6 is 0 Å². The molecule has 1 saturated heterocycles. The second kappa shape index (κ2) is 6.00. The standard InChI is InChI=1S/C11H20N4O3S/c1-10-8-15(4-2-6-18-10)19(16,17)11-7-13-14(9-11)5-3-12/h7,9-10H,2-6,8,12H2,1H3. The van der Waals surface area contributed by atoms with Gasteiger partial charge in [-0.2, -0.15) is 9.40 Å². The average molecular weight is 288 g/mol. The van der Waals surface area contributed by atoms with Gasteiger partial charge in [-0.1, -0.05) is 0 Å². The van der Waals surface area contributed by atoms with E-state index in [-0.39, 0.29) is 11.0 Å². The summed E-state index contributed by atoms with van der Waals surface area (Å²) in [6.07, 6.45) is 3.52. The molecule has 0 amide bonds. The molecule has 8 heteroatoms. The summed E-state index contributed by atoms with van der Waals surface area (Å²) < 4.78 is 33.5. The van der Waals surface area contributed by atoms with E-state index in [1.807, 2.05) is 6.92 Å². The number of rotatable bonds is 4. The predicted octanol–water partition coefficient (Wildman–Crippen LogP) is -0.359. The normalized spacial score (nSPS) is 22.3. The zero-order valence-corrected chi connectivity index (χ0v) is 11.8. The highest BCUT2D eigenvalue weighted by Crippen LogP contribution is 2.18. The lowest BCUT2D eigenvalue weighted by Crippen LogP contribution is -2.35. The van der Waals surface area contributed by atoms with E-state index in [0.29, 0.717) is 39.2 Å².